The average Bonchev–Trinajstić information content (AvgIpc) is 2.93. The van der Waals surface area contributed by atoms with Crippen LogP contribution in [0.25, 0.3) is 5.78 Å². The number of hydrogen-bond donors (Lipinski definition) is 1. The van der Waals surface area contributed by atoms with Crippen molar-refractivity contribution in [2.45, 2.75) is 19.6 Å². The van der Waals surface area contributed by atoms with Gasteiger partial charge < -0.3 is 9.67 Å². The minimum Gasteiger partial charge on any atom is -0.386 e. The van der Waals surface area contributed by atoms with Crippen molar-refractivity contribution in [1.29, 1.82) is 0 Å². The molecular weight excluding hydrogens is 327 g/mol. The molecule has 1 atom stereocenters. The van der Waals surface area contributed by atoms with Gasteiger partial charge >= 0.3 is 0 Å². The fraction of sp³-hybridized carbons (Fsp3) is 0.214. The quantitative estimate of drug-likeness (QED) is 0.794. The van der Waals surface area contributed by atoms with Gasteiger partial charge in [-0.1, -0.05) is 29.3 Å². The molecule has 22 heavy (non-hydrogen) atoms. The molecule has 0 aliphatic carbocycles. The van der Waals surface area contributed by atoms with Crippen LogP contribution in [0.15, 0.2) is 35.4 Å². The third kappa shape index (κ3) is 2.61. The molecule has 0 fully saturated rings. The van der Waals surface area contributed by atoms with Gasteiger partial charge in [0.1, 0.15) is 6.33 Å². The Morgan fingerprint density at radius 2 is 2.09 bits per heavy atom. The molecule has 0 aliphatic rings. The van der Waals surface area contributed by atoms with Crippen LogP contribution in [-0.2, 0) is 6.54 Å². The maximum Gasteiger partial charge on any atom is 0.275 e. The highest BCUT2D eigenvalue weighted by Gasteiger charge is 2.16. The van der Waals surface area contributed by atoms with E-state index in [0.717, 1.165) is 0 Å². The van der Waals surface area contributed by atoms with E-state index in [1.165, 1.54) is 16.9 Å². The molecule has 0 amide bonds. The number of halogens is 2. The summed E-state index contributed by atoms with van der Waals surface area (Å²) in [5.41, 5.74) is 0.969. The zero-order valence-corrected chi connectivity index (χ0v) is 13.1. The van der Waals surface area contributed by atoms with Crippen LogP contribution in [0.3, 0.4) is 0 Å². The van der Waals surface area contributed by atoms with Crippen molar-refractivity contribution >= 4 is 29.0 Å². The monoisotopic (exact) mass is 338 g/mol. The molecule has 1 unspecified atom stereocenters. The number of aryl methyl sites for hydroxylation is 1. The second kappa shape index (κ2) is 5.72. The van der Waals surface area contributed by atoms with Gasteiger partial charge in [0.25, 0.3) is 5.56 Å². The first kappa shape index (κ1) is 15.0. The highest BCUT2D eigenvalue weighted by Crippen LogP contribution is 2.27. The standard InChI is InChI=1S/C14H12Cl2N4O2/c1-8-4-13(22)20-14(17-7-18-20)19(8)6-12(21)10-3-2-9(15)5-11(10)16/h2-5,7,12,21H,6H2,1H3. The SMILES string of the molecule is Cc1cc(=O)n2ncnc2n1CC(O)c1ccc(Cl)cc1Cl. The van der Waals surface area contributed by atoms with Crippen molar-refractivity contribution in [3.8, 4) is 0 Å². The van der Waals surface area contributed by atoms with Crippen LogP contribution < -0.4 is 5.56 Å². The molecule has 6 nitrogen and oxygen atoms in total. The number of aromatic nitrogens is 4. The van der Waals surface area contributed by atoms with Crippen LogP contribution >= 0.6 is 23.2 Å². The smallest absolute Gasteiger partial charge is 0.275 e. The van der Waals surface area contributed by atoms with Gasteiger partial charge in [-0.25, -0.2) is 0 Å². The Bertz CT molecular complexity index is 903. The molecule has 3 aromatic rings. The lowest BCUT2D eigenvalue weighted by molar-refractivity contribution is 0.156. The summed E-state index contributed by atoms with van der Waals surface area (Å²) in [7, 11) is 0. The number of rotatable bonds is 3. The molecule has 0 radical (unpaired) electrons. The van der Waals surface area contributed by atoms with Crippen molar-refractivity contribution in [3.05, 3.63) is 62.2 Å². The zero-order valence-electron chi connectivity index (χ0n) is 11.6. The number of hydrogen-bond acceptors (Lipinski definition) is 4. The van der Waals surface area contributed by atoms with Crippen molar-refractivity contribution < 1.29 is 5.11 Å². The van der Waals surface area contributed by atoms with Gasteiger partial charge in [0.05, 0.1) is 12.6 Å². The van der Waals surface area contributed by atoms with E-state index < -0.39 is 6.10 Å². The van der Waals surface area contributed by atoms with Crippen molar-refractivity contribution in [3.63, 3.8) is 0 Å². The van der Waals surface area contributed by atoms with Gasteiger partial charge in [0.2, 0.25) is 5.78 Å². The molecule has 114 valence electrons. The van der Waals surface area contributed by atoms with Crippen LogP contribution in [0, 0.1) is 6.92 Å². The molecule has 1 aromatic carbocycles. The van der Waals surface area contributed by atoms with Crippen LogP contribution in [0.2, 0.25) is 10.0 Å². The van der Waals surface area contributed by atoms with Crippen LogP contribution in [-0.4, -0.2) is 24.3 Å². The number of benzene rings is 1. The van der Waals surface area contributed by atoms with Gasteiger partial charge in [0.15, 0.2) is 0 Å². The molecule has 3 rings (SSSR count). The lowest BCUT2D eigenvalue weighted by Crippen LogP contribution is -2.22. The minimum atomic E-state index is -0.869. The molecule has 0 saturated carbocycles. The van der Waals surface area contributed by atoms with E-state index in [0.29, 0.717) is 27.1 Å². The van der Waals surface area contributed by atoms with E-state index in [1.54, 1.807) is 29.7 Å². The summed E-state index contributed by atoms with van der Waals surface area (Å²) in [5, 5.41) is 15.2. The minimum absolute atomic E-state index is 0.190. The Balaban J connectivity index is 2.03. The first-order valence-corrected chi connectivity index (χ1v) is 7.26. The molecule has 1 N–H and O–H groups in total. The highest BCUT2D eigenvalue weighted by atomic mass is 35.5. The fourth-order valence-corrected chi connectivity index (χ4v) is 2.85. The van der Waals surface area contributed by atoms with E-state index in [4.69, 9.17) is 23.2 Å². The van der Waals surface area contributed by atoms with Gasteiger partial charge in [-0.15, -0.1) is 0 Å². The normalized spacial score (nSPS) is 12.7. The lowest BCUT2D eigenvalue weighted by Gasteiger charge is -2.17. The summed E-state index contributed by atoms with van der Waals surface area (Å²) < 4.78 is 2.90. The first-order valence-electron chi connectivity index (χ1n) is 6.50. The Hall–Kier alpha value is -1.89. The maximum absolute atomic E-state index is 11.8. The summed E-state index contributed by atoms with van der Waals surface area (Å²) in [4.78, 5) is 15.9. The van der Waals surface area contributed by atoms with E-state index in [9.17, 15) is 9.90 Å². The zero-order chi connectivity index (χ0) is 15.9. The van der Waals surface area contributed by atoms with E-state index >= 15 is 0 Å². The fourth-order valence-electron chi connectivity index (χ4n) is 2.32. The summed E-state index contributed by atoms with van der Waals surface area (Å²) in [5.74, 6) is 0.370. The third-order valence-corrected chi connectivity index (χ3v) is 3.98. The number of nitrogens with zero attached hydrogens (tertiary/aromatic N) is 4. The highest BCUT2D eigenvalue weighted by molar-refractivity contribution is 6.35. The predicted molar refractivity (Wildman–Crippen MR) is 83.4 cm³/mol. The molecule has 0 spiro atoms. The first-order chi connectivity index (χ1) is 10.5. The summed E-state index contributed by atoms with van der Waals surface area (Å²) in [6, 6.07) is 6.36. The topological polar surface area (TPSA) is 72.4 Å². The summed E-state index contributed by atoms with van der Waals surface area (Å²) in [6.45, 7) is 1.96. The van der Waals surface area contributed by atoms with Crippen molar-refractivity contribution in [2.24, 2.45) is 0 Å². The molecule has 2 aromatic heterocycles. The molecule has 0 saturated heterocycles. The Morgan fingerprint density at radius 1 is 1.32 bits per heavy atom. The Labute approximate surface area is 135 Å². The second-order valence-electron chi connectivity index (χ2n) is 4.89. The van der Waals surface area contributed by atoms with Gasteiger partial charge in [-0.05, 0) is 19.1 Å². The maximum atomic E-state index is 11.8. The summed E-state index contributed by atoms with van der Waals surface area (Å²) >= 11 is 12.0. The number of fused-ring (bicyclic) bond motifs is 1. The number of aliphatic hydroxyl groups excluding tert-OH is 1. The summed E-state index contributed by atoms with van der Waals surface area (Å²) in [6.07, 6.45) is 0.431. The second-order valence-corrected chi connectivity index (χ2v) is 5.73. The number of aliphatic hydroxyl groups is 1. The van der Waals surface area contributed by atoms with Crippen molar-refractivity contribution in [1.82, 2.24) is 19.2 Å². The van der Waals surface area contributed by atoms with E-state index in [-0.39, 0.29) is 12.1 Å². The molecule has 2 heterocycles. The van der Waals surface area contributed by atoms with Gasteiger partial charge in [-0.3, -0.25) is 4.79 Å². The Kier molecular flexibility index (Phi) is 3.90. The van der Waals surface area contributed by atoms with Gasteiger partial charge in [0, 0.05) is 27.4 Å². The van der Waals surface area contributed by atoms with Gasteiger partial charge in [-0.2, -0.15) is 14.6 Å². The van der Waals surface area contributed by atoms with E-state index in [2.05, 4.69) is 10.1 Å². The molecular formula is C14H12Cl2N4O2. The van der Waals surface area contributed by atoms with Crippen LogP contribution in [0.4, 0.5) is 0 Å². The largest absolute Gasteiger partial charge is 0.386 e. The van der Waals surface area contributed by atoms with Crippen molar-refractivity contribution in [2.75, 3.05) is 0 Å². The molecule has 8 heteroatoms. The molecule has 0 aliphatic heterocycles. The predicted octanol–water partition coefficient (Wildman–Crippen LogP) is 2.24. The third-order valence-electron chi connectivity index (χ3n) is 3.42. The molecule has 0 bridgehead atoms. The lowest BCUT2D eigenvalue weighted by atomic mass is 10.1. The Morgan fingerprint density at radius 3 is 2.82 bits per heavy atom. The van der Waals surface area contributed by atoms with Crippen LogP contribution in [0.1, 0.15) is 17.4 Å². The van der Waals surface area contributed by atoms with Crippen LogP contribution in [0.5, 0.6) is 0 Å². The van der Waals surface area contributed by atoms with E-state index in [1.807, 2.05) is 0 Å². The average molecular weight is 339 g/mol.